The monoisotopic (exact) mass is 391 g/mol. The van der Waals surface area contributed by atoms with E-state index in [0.717, 1.165) is 30.1 Å². The molecule has 1 fully saturated rings. The van der Waals surface area contributed by atoms with Crippen LogP contribution in [0.3, 0.4) is 0 Å². The fourth-order valence-electron chi connectivity index (χ4n) is 3.94. The summed E-state index contributed by atoms with van der Waals surface area (Å²) in [6, 6.07) is 5.56. The molecule has 1 aromatic carbocycles. The molecule has 1 aliphatic rings. The van der Waals surface area contributed by atoms with Crippen molar-refractivity contribution in [3.8, 4) is 11.5 Å². The Morgan fingerprint density at radius 3 is 2.54 bits per heavy atom. The van der Waals surface area contributed by atoms with E-state index in [9.17, 15) is 10.2 Å². The molecular weight excluding hydrogens is 350 g/mol. The number of nitrogens with two attached hydrogens (primary N) is 1. The molecule has 0 aromatic heterocycles. The van der Waals surface area contributed by atoms with E-state index < -0.39 is 5.54 Å². The van der Waals surface area contributed by atoms with Crippen LogP contribution < -0.4 is 10.5 Å². The first kappa shape index (κ1) is 23.0. The second-order valence-electron chi connectivity index (χ2n) is 9.26. The highest BCUT2D eigenvalue weighted by molar-refractivity contribution is 5.39. The third-order valence-corrected chi connectivity index (χ3v) is 6.13. The molecule has 0 aliphatic heterocycles. The van der Waals surface area contributed by atoms with Gasteiger partial charge in [0.2, 0.25) is 0 Å². The number of hydrogen-bond acceptors (Lipinski definition) is 4. The van der Waals surface area contributed by atoms with E-state index in [1.807, 2.05) is 12.1 Å². The van der Waals surface area contributed by atoms with Crippen LogP contribution in [0.4, 0.5) is 0 Å². The molecule has 4 nitrogen and oxygen atoms in total. The Hall–Kier alpha value is -1.26. The Morgan fingerprint density at radius 1 is 1.18 bits per heavy atom. The molecule has 0 radical (unpaired) electrons. The molecular formula is C24H41NO3. The second-order valence-corrected chi connectivity index (χ2v) is 9.26. The lowest BCUT2D eigenvalue weighted by Gasteiger charge is -2.35. The van der Waals surface area contributed by atoms with Crippen molar-refractivity contribution in [2.24, 2.45) is 17.6 Å². The predicted octanol–water partition coefficient (Wildman–Crippen LogP) is 5.19. The Balaban J connectivity index is 1.70. The number of phenolic OH excluding ortho intramolecular Hbond substituents is 1. The number of ether oxygens (including phenoxy) is 1. The summed E-state index contributed by atoms with van der Waals surface area (Å²) in [4.78, 5) is 0. The topological polar surface area (TPSA) is 75.7 Å². The smallest absolute Gasteiger partial charge is 0.122 e. The van der Waals surface area contributed by atoms with Crippen molar-refractivity contribution in [3.05, 3.63) is 23.8 Å². The number of aromatic hydroxyl groups is 1. The van der Waals surface area contributed by atoms with Crippen molar-refractivity contribution in [1.82, 2.24) is 0 Å². The summed E-state index contributed by atoms with van der Waals surface area (Å²) in [5.74, 6) is 2.43. The molecule has 0 spiro atoms. The van der Waals surface area contributed by atoms with E-state index in [0.29, 0.717) is 25.4 Å². The van der Waals surface area contributed by atoms with Gasteiger partial charge in [0, 0.05) is 11.6 Å². The molecule has 160 valence electrons. The highest BCUT2D eigenvalue weighted by Gasteiger charge is 2.31. The normalized spacial score (nSPS) is 16.8. The van der Waals surface area contributed by atoms with Gasteiger partial charge in [-0.05, 0) is 49.1 Å². The van der Waals surface area contributed by atoms with E-state index in [4.69, 9.17) is 10.5 Å². The minimum absolute atomic E-state index is 0.00260. The SMILES string of the molecule is CC(C)CCCCCCOc1ccc(CC[C@@](N)(CO)CC2CCC2)c(O)c1. The minimum atomic E-state index is -0.539. The molecule has 1 aromatic rings. The predicted molar refractivity (Wildman–Crippen MR) is 116 cm³/mol. The average molecular weight is 392 g/mol. The van der Waals surface area contributed by atoms with Gasteiger partial charge in [0.1, 0.15) is 11.5 Å². The van der Waals surface area contributed by atoms with Gasteiger partial charge in [-0.1, -0.05) is 64.9 Å². The first-order chi connectivity index (χ1) is 13.4. The molecule has 1 atom stereocenters. The van der Waals surface area contributed by atoms with Gasteiger partial charge >= 0.3 is 0 Å². The van der Waals surface area contributed by atoms with Crippen LogP contribution in [0.2, 0.25) is 0 Å². The van der Waals surface area contributed by atoms with E-state index in [1.165, 1.54) is 44.9 Å². The third-order valence-electron chi connectivity index (χ3n) is 6.13. The highest BCUT2D eigenvalue weighted by Crippen LogP contribution is 2.35. The molecule has 1 aliphatic carbocycles. The number of benzene rings is 1. The van der Waals surface area contributed by atoms with Gasteiger partial charge in [0.15, 0.2) is 0 Å². The van der Waals surface area contributed by atoms with E-state index in [2.05, 4.69) is 13.8 Å². The lowest BCUT2D eigenvalue weighted by Crippen LogP contribution is -2.46. The minimum Gasteiger partial charge on any atom is -0.508 e. The van der Waals surface area contributed by atoms with Crippen LogP contribution in [0, 0.1) is 11.8 Å². The maximum atomic E-state index is 10.3. The van der Waals surface area contributed by atoms with E-state index >= 15 is 0 Å². The number of aliphatic hydroxyl groups excluding tert-OH is 1. The second kappa shape index (κ2) is 11.7. The zero-order chi connectivity index (χ0) is 20.4. The highest BCUT2D eigenvalue weighted by atomic mass is 16.5. The standard InChI is InChI=1S/C24H41NO3/c1-19(2)8-5-3-4-6-15-28-22-12-11-21(23(27)16-22)13-14-24(25,18-26)17-20-9-7-10-20/h11-12,16,19-20,26-27H,3-10,13-15,17-18,25H2,1-2H3/t24-/m0/s1. The zero-order valence-electron chi connectivity index (χ0n) is 18.0. The van der Waals surface area contributed by atoms with Crippen LogP contribution in [0.5, 0.6) is 11.5 Å². The lowest BCUT2D eigenvalue weighted by molar-refractivity contribution is 0.135. The summed E-state index contributed by atoms with van der Waals surface area (Å²) in [6.07, 6.45) is 12.1. The number of rotatable bonds is 14. The maximum Gasteiger partial charge on any atom is 0.122 e. The van der Waals surface area contributed by atoms with Crippen LogP contribution in [0.15, 0.2) is 18.2 Å². The van der Waals surface area contributed by atoms with Crippen LogP contribution >= 0.6 is 0 Å². The molecule has 4 heteroatoms. The van der Waals surface area contributed by atoms with Gasteiger partial charge in [-0.3, -0.25) is 0 Å². The number of aryl methyl sites for hydroxylation is 1. The number of hydrogen-bond donors (Lipinski definition) is 3. The fourth-order valence-corrected chi connectivity index (χ4v) is 3.94. The Morgan fingerprint density at radius 2 is 1.93 bits per heavy atom. The van der Waals surface area contributed by atoms with E-state index in [1.54, 1.807) is 6.07 Å². The van der Waals surface area contributed by atoms with Gasteiger partial charge in [0.05, 0.1) is 13.2 Å². The van der Waals surface area contributed by atoms with E-state index in [-0.39, 0.29) is 12.4 Å². The first-order valence-corrected chi connectivity index (χ1v) is 11.3. The molecule has 2 rings (SSSR count). The van der Waals surface area contributed by atoms with Crippen molar-refractivity contribution < 1.29 is 14.9 Å². The largest absolute Gasteiger partial charge is 0.508 e. The molecule has 1 saturated carbocycles. The molecule has 0 bridgehead atoms. The first-order valence-electron chi connectivity index (χ1n) is 11.3. The zero-order valence-corrected chi connectivity index (χ0v) is 18.0. The van der Waals surface area contributed by atoms with Crippen molar-refractivity contribution >= 4 is 0 Å². The Labute approximate surface area is 171 Å². The number of phenols is 1. The number of unbranched alkanes of at least 4 members (excludes halogenated alkanes) is 3. The van der Waals surface area contributed by atoms with Crippen LogP contribution in [0.1, 0.15) is 83.6 Å². The maximum absolute atomic E-state index is 10.3. The number of aliphatic hydroxyl groups is 1. The van der Waals surface area contributed by atoms with Gasteiger partial charge < -0.3 is 20.7 Å². The molecule has 28 heavy (non-hydrogen) atoms. The fraction of sp³-hybridized carbons (Fsp3) is 0.750. The van der Waals surface area contributed by atoms with Crippen molar-refractivity contribution in [1.29, 1.82) is 0 Å². The summed E-state index contributed by atoms with van der Waals surface area (Å²) in [5.41, 5.74) is 6.74. The lowest BCUT2D eigenvalue weighted by atomic mass is 9.75. The molecule has 0 saturated heterocycles. The van der Waals surface area contributed by atoms with Gasteiger partial charge in [-0.15, -0.1) is 0 Å². The Kier molecular flexibility index (Phi) is 9.60. The van der Waals surface area contributed by atoms with Crippen molar-refractivity contribution in [2.45, 2.75) is 90.0 Å². The molecule has 0 amide bonds. The van der Waals surface area contributed by atoms with Crippen LogP contribution in [-0.2, 0) is 6.42 Å². The molecule has 4 N–H and O–H groups in total. The average Bonchev–Trinajstić information content (AvgIpc) is 2.63. The van der Waals surface area contributed by atoms with Gasteiger partial charge in [0.25, 0.3) is 0 Å². The molecule has 0 heterocycles. The third kappa shape index (κ3) is 8.00. The summed E-state index contributed by atoms with van der Waals surface area (Å²) in [5, 5.41) is 20.1. The van der Waals surface area contributed by atoms with Crippen molar-refractivity contribution in [2.75, 3.05) is 13.2 Å². The van der Waals surface area contributed by atoms with Gasteiger partial charge in [-0.25, -0.2) is 0 Å². The van der Waals surface area contributed by atoms with Crippen molar-refractivity contribution in [3.63, 3.8) is 0 Å². The molecule has 0 unspecified atom stereocenters. The van der Waals surface area contributed by atoms with Gasteiger partial charge in [-0.2, -0.15) is 0 Å². The summed E-state index contributed by atoms with van der Waals surface area (Å²) in [7, 11) is 0. The quantitative estimate of drug-likeness (QED) is 0.381. The summed E-state index contributed by atoms with van der Waals surface area (Å²) < 4.78 is 5.79. The van der Waals surface area contributed by atoms with Crippen LogP contribution in [0.25, 0.3) is 0 Å². The summed E-state index contributed by atoms with van der Waals surface area (Å²) >= 11 is 0. The van der Waals surface area contributed by atoms with Crippen LogP contribution in [-0.4, -0.2) is 29.0 Å². The summed E-state index contributed by atoms with van der Waals surface area (Å²) in [6.45, 7) is 5.23. The Bertz CT molecular complexity index is 571.